The van der Waals surface area contributed by atoms with E-state index in [1.165, 1.54) is 17.2 Å². The van der Waals surface area contributed by atoms with Crippen molar-refractivity contribution in [2.75, 3.05) is 5.32 Å². The minimum atomic E-state index is -0.0847. The van der Waals surface area contributed by atoms with Crippen molar-refractivity contribution in [2.24, 2.45) is 0 Å². The van der Waals surface area contributed by atoms with E-state index in [0.29, 0.717) is 6.61 Å². The largest absolute Gasteiger partial charge is 0.486 e. The molecule has 1 amide bonds. The van der Waals surface area contributed by atoms with Crippen LogP contribution >= 0.6 is 11.3 Å². The molecule has 0 radical (unpaired) electrons. The zero-order chi connectivity index (χ0) is 15.5. The van der Waals surface area contributed by atoms with Crippen molar-refractivity contribution in [1.29, 1.82) is 0 Å². The van der Waals surface area contributed by atoms with E-state index in [1.54, 1.807) is 11.3 Å². The number of thiazole rings is 1. The summed E-state index contributed by atoms with van der Waals surface area (Å²) in [6.07, 6.45) is 0. The number of amides is 1. The Kier molecular flexibility index (Phi) is 4.06. The predicted molar refractivity (Wildman–Crippen MR) is 89.4 cm³/mol. The molecule has 0 spiro atoms. The van der Waals surface area contributed by atoms with Gasteiger partial charge in [0.05, 0.1) is 10.2 Å². The maximum absolute atomic E-state index is 11.0. The number of benzene rings is 2. The van der Waals surface area contributed by atoms with Crippen LogP contribution in [0.15, 0.2) is 42.5 Å². The first-order valence-corrected chi connectivity index (χ1v) is 7.79. The van der Waals surface area contributed by atoms with Crippen LogP contribution in [0.2, 0.25) is 0 Å². The Morgan fingerprint density at radius 2 is 2.00 bits per heavy atom. The highest BCUT2D eigenvalue weighted by Gasteiger charge is 2.06. The molecule has 2 aromatic carbocycles. The van der Waals surface area contributed by atoms with Crippen LogP contribution in [0, 0.1) is 6.92 Å². The predicted octanol–water partition coefficient (Wildman–Crippen LogP) is 4.14. The summed E-state index contributed by atoms with van der Waals surface area (Å²) < 4.78 is 6.97. The summed E-state index contributed by atoms with van der Waals surface area (Å²) in [5.41, 5.74) is 3.01. The molecule has 0 saturated carbocycles. The van der Waals surface area contributed by atoms with E-state index in [9.17, 15) is 4.79 Å². The monoisotopic (exact) mass is 312 g/mol. The minimum Gasteiger partial charge on any atom is -0.486 e. The van der Waals surface area contributed by atoms with Crippen molar-refractivity contribution in [1.82, 2.24) is 4.98 Å². The number of rotatable bonds is 4. The number of fused-ring (bicyclic) bond motifs is 1. The summed E-state index contributed by atoms with van der Waals surface area (Å²) in [5, 5.41) is 3.68. The lowest BCUT2D eigenvalue weighted by Gasteiger charge is -2.05. The van der Waals surface area contributed by atoms with Crippen LogP contribution in [-0.2, 0) is 11.4 Å². The van der Waals surface area contributed by atoms with Gasteiger partial charge in [-0.2, -0.15) is 0 Å². The number of anilines is 1. The fourth-order valence-corrected chi connectivity index (χ4v) is 3.12. The van der Waals surface area contributed by atoms with E-state index < -0.39 is 0 Å². The Morgan fingerprint density at radius 1 is 1.23 bits per heavy atom. The molecule has 1 N–H and O–H groups in total. The molecule has 1 aromatic heterocycles. The van der Waals surface area contributed by atoms with Crippen molar-refractivity contribution < 1.29 is 9.53 Å². The standard InChI is InChI=1S/C17H16N2O2S/c1-11-4-3-5-15-17(11)22-16(19-15)10-21-14-8-6-13(7-9-14)18-12(2)20/h3-9H,10H2,1-2H3,(H,18,20). The van der Waals surface area contributed by atoms with Crippen LogP contribution in [0.1, 0.15) is 17.5 Å². The van der Waals surface area contributed by atoms with Crippen LogP contribution in [-0.4, -0.2) is 10.9 Å². The number of aryl methyl sites for hydroxylation is 1. The van der Waals surface area contributed by atoms with Crippen molar-refractivity contribution in [3.63, 3.8) is 0 Å². The van der Waals surface area contributed by atoms with Crippen LogP contribution in [0.5, 0.6) is 5.75 Å². The quantitative estimate of drug-likeness (QED) is 0.787. The molecule has 4 nitrogen and oxygen atoms in total. The summed E-state index contributed by atoms with van der Waals surface area (Å²) >= 11 is 1.66. The summed E-state index contributed by atoms with van der Waals surface area (Å²) in [6.45, 7) is 4.02. The Balaban J connectivity index is 1.68. The fraction of sp³-hybridized carbons (Fsp3) is 0.176. The van der Waals surface area contributed by atoms with Gasteiger partial charge in [0.15, 0.2) is 0 Å². The molecule has 5 heteroatoms. The molecule has 22 heavy (non-hydrogen) atoms. The number of hydrogen-bond donors (Lipinski definition) is 1. The highest BCUT2D eigenvalue weighted by Crippen LogP contribution is 2.26. The van der Waals surface area contributed by atoms with Gasteiger partial charge in [-0.1, -0.05) is 12.1 Å². The lowest BCUT2D eigenvalue weighted by atomic mass is 10.2. The molecule has 0 fully saturated rings. The molecule has 0 saturated heterocycles. The molecule has 0 aliphatic carbocycles. The van der Waals surface area contributed by atoms with Crippen molar-refractivity contribution in [3.05, 3.63) is 53.0 Å². The van der Waals surface area contributed by atoms with Gasteiger partial charge in [0.25, 0.3) is 0 Å². The summed E-state index contributed by atoms with van der Waals surface area (Å²) in [7, 11) is 0. The Labute approximate surface area is 132 Å². The van der Waals surface area contributed by atoms with E-state index in [-0.39, 0.29) is 5.91 Å². The molecule has 1 heterocycles. The first-order valence-electron chi connectivity index (χ1n) is 6.97. The molecule has 0 bridgehead atoms. The van der Waals surface area contributed by atoms with Gasteiger partial charge in [-0.3, -0.25) is 4.79 Å². The number of nitrogens with zero attached hydrogens (tertiary/aromatic N) is 1. The highest BCUT2D eigenvalue weighted by atomic mass is 32.1. The van der Waals surface area contributed by atoms with Crippen LogP contribution < -0.4 is 10.1 Å². The summed E-state index contributed by atoms with van der Waals surface area (Å²) in [4.78, 5) is 15.6. The zero-order valence-electron chi connectivity index (χ0n) is 12.4. The van der Waals surface area contributed by atoms with Gasteiger partial charge in [-0.25, -0.2) is 4.98 Å². The van der Waals surface area contributed by atoms with Gasteiger partial charge in [0, 0.05) is 12.6 Å². The Morgan fingerprint density at radius 3 is 2.68 bits per heavy atom. The van der Waals surface area contributed by atoms with Gasteiger partial charge in [-0.15, -0.1) is 11.3 Å². The second kappa shape index (κ2) is 6.15. The topological polar surface area (TPSA) is 51.2 Å². The number of carbonyl (C=O) groups is 1. The first-order chi connectivity index (χ1) is 10.6. The second-order valence-electron chi connectivity index (χ2n) is 5.03. The SMILES string of the molecule is CC(=O)Nc1ccc(OCc2nc3cccc(C)c3s2)cc1. The van der Waals surface area contributed by atoms with Gasteiger partial charge in [0.2, 0.25) is 5.91 Å². The number of carbonyl (C=O) groups excluding carboxylic acids is 1. The van der Waals surface area contributed by atoms with Gasteiger partial charge < -0.3 is 10.1 Å². The summed E-state index contributed by atoms with van der Waals surface area (Å²) in [6, 6.07) is 13.4. The average molecular weight is 312 g/mol. The molecular formula is C17H16N2O2S. The molecule has 0 aliphatic rings. The second-order valence-corrected chi connectivity index (χ2v) is 6.11. The number of nitrogens with one attached hydrogen (secondary N) is 1. The molecule has 0 aliphatic heterocycles. The van der Waals surface area contributed by atoms with Gasteiger partial charge >= 0.3 is 0 Å². The van der Waals surface area contributed by atoms with E-state index in [1.807, 2.05) is 36.4 Å². The molecule has 112 valence electrons. The highest BCUT2D eigenvalue weighted by molar-refractivity contribution is 7.18. The van der Waals surface area contributed by atoms with Crippen molar-refractivity contribution in [3.8, 4) is 5.75 Å². The Hall–Kier alpha value is -2.40. The minimum absolute atomic E-state index is 0.0847. The maximum Gasteiger partial charge on any atom is 0.221 e. The maximum atomic E-state index is 11.0. The lowest BCUT2D eigenvalue weighted by molar-refractivity contribution is -0.114. The lowest BCUT2D eigenvalue weighted by Crippen LogP contribution is -2.05. The first kappa shape index (κ1) is 14.5. The van der Waals surface area contributed by atoms with Gasteiger partial charge in [0.1, 0.15) is 17.4 Å². The third kappa shape index (κ3) is 3.26. The van der Waals surface area contributed by atoms with E-state index in [4.69, 9.17) is 4.74 Å². The number of aromatic nitrogens is 1. The van der Waals surface area contributed by atoms with Crippen LogP contribution in [0.3, 0.4) is 0 Å². The third-order valence-corrected chi connectivity index (χ3v) is 4.37. The van der Waals surface area contributed by atoms with E-state index in [2.05, 4.69) is 23.3 Å². The third-order valence-electron chi connectivity index (χ3n) is 3.19. The smallest absolute Gasteiger partial charge is 0.221 e. The molecular weight excluding hydrogens is 296 g/mol. The normalized spacial score (nSPS) is 10.6. The van der Waals surface area contributed by atoms with Crippen LogP contribution in [0.25, 0.3) is 10.2 Å². The van der Waals surface area contributed by atoms with Crippen molar-refractivity contribution >= 4 is 33.1 Å². The van der Waals surface area contributed by atoms with Gasteiger partial charge in [-0.05, 0) is 42.8 Å². The fourth-order valence-electron chi connectivity index (χ4n) is 2.18. The molecule has 3 rings (SSSR count). The van der Waals surface area contributed by atoms with E-state index >= 15 is 0 Å². The van der Waals surface area contributed by atoms with Crippen LogP contribution in [0.4, 0.5) is 5.69 Å². The van der Waals surface area contributed by atoms with E-state index in [0.717, 1.165) is 22.0 Å². The average Bonchev–Trinajstić information content (AvgIpc) is 2.90. The van der Waals surface area contributed by atoms with Crippen molar-refractivity contribution in [2.45, 2.75) is 20.5 Å². The molecule has 3 aromatic rings. The number of hydrogen-bond acceptors (Lipinski definition) is 4. The molecule has 0 atom stereocenters. The molecule has 0 unspecified atom stereocenters. The summed E-state index contributed by atoms with van der Waals surface area (Å²) in [5.74, 6) is 0.670. The number of ether oxygens (including phenoxy) is 1. The Bertz CT molecular complexity index is 809. The zero-order valence-corrected chi connectivity index (χ0v) is 13.2.